The van der Waals surface area contributed by atoms with Gasteiger partial charge in [-0.3, -0.25) is 9.59 Å². The summed E-state index contributed by atoms with van der Waals surface area (Å²) in [5.41, 5.74) is 0. The van der Waals surface area contributed by atoms with E-state index in [1.54, 1.807) is 0 Å². The van der Waals surface area contributed by atoms with Gasteiger partial charge in [-0.25, -0.2) is 0 Å². The molecule has 0 spiro atoms. The molecule has 1 atom stereocenters. The summed E-state index contributed by atoms with van der Waals surface area (Å²) in [7, 11) is 2.04. The van der Waals surface area contributed by atoms with Gasteiger partial charge in [0.25, 0.3) is 0 Å². The number of ether oxygens (including phenoxy) is 3. The smallest absolute Gasteiger partial charge is 0.317 e. The van der Waals surface area contributed by atoms with E-state index in [0.717, 1.165) is 0 Å². The highest BCUT2D eigenvalue weighted by atomic mass is 28.2. The fourth-order valence-corrected chi connectivity index (χ4v) is 3.59. The number of esters is 2. The number of cyclic esters (lactones) is 2. The maximum absolute atomic E-state index is 11.6. The van der Waals surface area contributed by atoms with Gasteiger partial charge in [0.2, 0.25) is 0 Å². The second-order valence-corrected chi connectivity index (χ2v) is 6.11. The van der Waals surface area contributed by atoms with Crippen molar-refractivity contribution < 1.29 is 23.8 Å². The molecule has 0 aromatic carbocycles. The van der Waals surface area contributed by atoms with Crippen molar-refractivity contribution >= 4 is 21.5 Å². The largest absolute Gasteiger partial charge is 0.393 e. The van der Waals surface area contributed by atoms with Gasteiger partial charge in [-0.05, 0) is 6.42 Å². The lowest BCUT2D eigenvalue weighted by atomic mass is 10.0. The Balaban J connectivity index is 2.76. The van der Waals surface area contributed by atoms with Crippen molar-refractivity contribution in [1.29, 1.82) is 0 Å². The summed E-state index contributed by atoms with van der Waals surface area (Å²) in [6, 6.07) is 0. The van der Waals surface area contributed by atoms with Crippen LogP contribution >= 0.6 is 0 Å². The Morgan fingerprint density at radius 3 is 2.40 bits per heavy atom. The molecule has 0 amide bonds. The zero-order valence-corrected chi connectivity index (χ0v) is 10.7. The molecule has 0 aliphatic carbocycles. The first-order valence-electron chi connectivity index (χ1n) is 4.88. The molecular weight excluding hydrogens is 216 g/mol. The van der Waals surface area contributed by atoms with Gasteiger partial charge in [0.15, 0.2) is 0 Å². The van der Waals surface area contributed by atoms with Gasteiger partial charge in [0.1, 0.15) is 15.4 Å². The summed E-state index contributed by atoms with van der Waals surface area (Å²) < 4.78 is 14.8. The van der Waals surface area contributed by atoms with E-state index in [-0.39, 0.29) is 12.3 Å². The second-order valence-electron chi connectivity index (χ2n) is 3.68. The quantitative estimate of drug-likeness (QED) is 0.284. The topological polar surface area (TPSA) is 61.8 Å². The SMILES string of the molecule is CCC1([SiH2]C(OC)OC)CC(=O)OC1=O. The van der Waals surface area contributed by atoms with Crippen LogP contribution < -0.4 is 0 Å². The van der Waals surface area contributed by atoms with Crippen LogP contribution in [0.1, 0.15) is 19.8 Å². The fourth-order valence-electron chi connectivity index (χ4n) is 1.75. The first-order chi connectivity index (χ1) is 7.07. The molecule has 1 unspecified atom stereocenters. The molecule has 1 rings (SSSR count). The summed E-state index contributed by atoms with van der Waals surface area (Å²) >= 11 is 0. The highest BCUT2D eigenvalue weighted by molar-refractivity contribution is 6.49. The molecule has 1 fully saturated rings. The van der Waals surface area contributed by atoms with Gasteiger partial charge >= 0.3 is 11.9 Å². The van der Waals surface area contributed by atoms with Crippen molar-refractivity contribution in [3.8, 4) is 0 Å². The number of rotatable bonds is 5. The Bertz CT molecular complexity index is 263. The Morgan fingerprint density at radius 1 is 1.47 bits per heavy atom. The lowest BCUT2D eigenvalue weighted by molar-refractivity contribution is -0.153. The second kappa shape index (κ2) is 4.87. The Hall–Kier alpha value is -0.723. The van der Waals surface area contributed by atoms with E-state index in [1.807, 2.05) is 6.92 Å². The van der Waals surface area contributed by atoms with Crippen molar-refractivity contribution in [2.75, 3.05) is 14.2 Å². The molecule has 0 N–H and O–H groups in total. The lowest BCUT2D eigenvalue weighted by Crippen LogP contribution is -2.35. The molecule has 1 saturated heterocycles. The van der Waals surface area contributed by atoms with E-state index >= 15 is 0 Å². The minimum absolute atomic E-state index is 0.178. The Morgan fingerprint density at radius 2 is 2.07 bits per heavy atom. The highest BCUT2D eigenvalue weighted by Crippen LogP contribution is 2.41. The average Bonchev–Trinajstić information content (AvgIpc) is 2.50. The number of hydrogen-bond acceptors (Lipinski definition) is 5. The predicted octanol–water partition coefficient (Wildman–Crippen LogP) is -0.226. The number of hydrogen-bond donors (Lipinski definition) is 0. The summed E-state index contributed by atoms with van der Waals surface area (Å²) in [6.45, 7) is 1.88. The monoisotopic (exact) mass is 232 g/mol. The van der Waals surface area contributed by atoms with Crippen molar-refractivity contribution in [3.05, 3.63) is 0 Å². The zero-order valence-electron chi connectivity index (χ0n) is 9.24. The summed E-state index contributed by atoms with van der Waals surface area (Å²) in [5.74, 6) is -1.18. The highest BCUT2D eigenvalue weighted by Gasteiger charge is 2.49. The molecule has 0 aromatic heterocycles. The van der Waals surface area contributed by atoms with Crippen LogP contribution in [-0.2, 0) is 23.8 Å². The average molecular weight is 232 g/mol. The maximum Gasteiger partial charge on any atom is 0.317 e. The molecular formula is C9H16O5Si. The third-order valence-corrected chi connectivity index (χ3v) is 5.70. The molecule has 0 bridgehead atoms. The van der Waals surface area contributed by atoms with Crippen molar-refractivity contribution in [1.82, 2.24) is 0 Å². The van der Waals surface area contributed by atoms with Crippen LogP contribution in [-0.4, -0.2) is 41.6 Å². The van der Waals surface area contributed by atoms with E-state index in [1.165, 1.54) is 14.2 Å². The fraction of sp³-hybridized carbons (Fsp3) is 0.778. The molecule has 0 aromatic rings. The molecule has 15 heavy (non-hydrogen) atoms. The van der Waals surface area contributed by atoms with Crippen LogP contribution in [0.25, 0.3) is 0 Å². The van der Waals surface area contributed by atoms with Crippen LogP contribution in [0.5, 0.6) is 0 Å². The number of carbonyl (C=O) groups excluding carboxylic acids is 2. The molecule has 1 heterocycles. The number of carbonyl (C=O) groups is 2. The van der Waals surface area contributed by atoms with Crippen molar-refractivity contribution in [2.45, 2.75) is 30.7 Å². The lowest BCUT2D eigenvalue weighted by Gasteiger charge is -2.25. The standard InChI is InChI=1S/C9H16O5Si/c1-4-9(15-8(12-2)13-3)5-6(10)14-7(9)11/h8H,4-5,15H2,1-3H3. The molecule has 5 nitrogen and oxygen atoms in total. The van der Waals surface area contributed by atoms with E-state index in [4.69, 9.17) is 9.47 Å². The van der Waals surface area contributed by atoms with Crippen LogP contribution in [0.4, 0.5) is 0 Å². The van der Waals surface area contributed by atoms with Gasteiger partial charge in [-0.1, -0.05) is 6.92 Å². The molecule has 1 aliphatic rings. The van der Waals surface area contributed by atoms with Gasteiger partial charge in [0.05, 0.1) is 11.5 Å². The normalized spacial score (nSPS) is 26.9. The molecule has 0 radical (unpaired) electrons. The van der Waals surface area contributed by atoms with E-state index in [9.17, 15) is 9.59 Å². The van der Waals surface area contributed by atoms with Gasteiger partial charge in [-0.15, -0.1) is 0 Å². The van der Waals surface area contributed by atoms with Crippen molar-refractivity contribution in [2.24, 2.45) is 0 Å². The summed E-state index contributed by atoms with van der Waals surface area (Å²) in [4.78, 5) is 22.7. The van der Waals surface area contributed by atoms with Crippen LogP contribution in [0, 0.1) is 0 Å². The van der Waals surface area contributed by atoms with E-state index in [2.05, 4.69) is 4.74 Å². The van der Waals surface area contributed by atoms with Crippen LogP contribution in [0.15, 0.2) is 0 Å². The molecule has 86 valence electrons. The third-order valence-electron chi connectivity index (χ3n) is 2.88. The first-order valence-corrected chi connectivity index (χ1v) is 6.41. The molecule has 0 saturated carbocycles. The summed E-state index contributed by atoms with van der Waals surface area (Å²) in [5, 5.41) is -0.631. The predicted molar refractivity (Wildman–Crippen MR) is 55.1 cm³/mol. The minimum Gasteiger partial charge on any atom is -0.393 e. The maximum atomic E-state index is 11.6. The third kappa shape index (κ3) is 2.45. The van der Waals surface area contributed by atoms with Gasteiger partial charge in [0, 0.05) is 14.2 Å². The van der Waals surface area contributed by atoms with Crippen LogP contribution in [0.2, 0.25) is 5.04 Å². The van der Waals surface area contributed by atoms with Gasteiger partial charge < -0.3 is 14.2 Å². The Kier molecular flexibility index (Phi) is 4.01. The van der Waals surface area contributed by atoms with Gasteiger partial charge in [-0.2, -0.15) is 0 Å². The van der Waals surface area contributed by atoms with E-state index in [0.29, 0.717) is 6.42 Å². The van der Waals surface area contributed by atoms with E-state index < -0.39 is 26.5 Å². The molecule has 6 heteroatoms. The van der Waals surface area contributed by atoms with Crippen LogP contribution in [0.3, 0.4) is 0 Å². The number of methoxy groups -OCH3 is 2. The molecule has 1 aliphatic heterocycles. The first kappa shape index (κ1) is 12.3. The minimum atomic E-state index is -1.02. The summed E-state index contributed by atoms with van der Waals surface area (Å²) in [6.07, 6.45) is 0.783. The van der Waals surface area contributed by atoms with Crippen molar-refractivity contribution in [3.63, 3.8) is 0 Å². The zero-order chi connectivity index (χ0) is 11.5. The Labute approximate surface area is 90.9 Å².